The second-order valence-corrected chi connectivity index (χ2v) is 10.1. The maximum atomic E-state index is 13.4. The highest BCUT2D eigenvalue weighted by atomic mass is 16.4. The lowest BCUT2D eigenvalue weighted by atomic mass is 9.96. The van der Waals surface area contributed by atoms with E-state index >= 15 is 0 Å². The summed E-state index contributed by atoms with van der Waals surface area (Å²) in [6, 6.07) is 14.9. The molecule has 0 bridgehead atoms. The monoisotopic (exact) mass is 488 g/mol. The summed E-state index contributed by atoms with van der Waals surface area (Å²) in [5, 5.41) is 13.4. The third-order valence-corrected chi connectivity index (χ3v) is 7.31. The van der Waals surface area contributed by atoms with Crippen molar-refractivity contribution in [2.45, 2.75) is 51.9 Å². The Morgan fingerprint density at radius 3 is 2.58 bits per heavy atom. The Hall–Kier alpha value is -3.81. The minimum Gasteiger partial charge on any atom is -0.480 e. The number of para-hydroxylation sites is 2. The lowest BCUT2D eigenvalue weighted by molar-refractivity contribution is -0.142. The van der Waals surface area contributed by atoms with Crippen LogP contribution >= 0.6 is 0 Å². The Morgan fingerprint density at radius 2 is 1.83 bits per heavy atom. The van der Waals surface area contributed by atoms with Crippen LogP contribution in [-0.4, -0.2) is 52.0 Å². The number of carbonyl (C=O) groups excluding carboxylic acids is 2. The van der Waals surface area contributed by atoms with E-state index in [4.69, 9.17) is 0 Å². The summed E-state index contributed by atoms with van der Waals surface area (Å²) < 4.78 is 2.15. The van der Waals surface area contributed by atoms with E-state index < -0.39 is 12.0 Å². The molecule has 8 heteroatoms. The van der Waals surface area contributed by atoms with Crippen molar-refractivity contribution in [3.8, 4) is 0 Å². The number of rotatable bonds is 7. The molecular weight excluding hydrogens is 456 g/mol. The first-order valence-corrected chi connectivity index (χ1v) is 12.5. The number of amides is 2. The molecule has 2 atom stereocenters. The number of nitrogens with one attached hydrogen (secondary N) is 1. The number of carboxylic acids is 1. The Labute approximate surface area is 210 Å². The van der Waals surface area contributed by atoms with Crippen LogP contribution in [0.2, 0.25) is 0 Å². The van der Waals surface area contributed by atoms with Gasteiger partial charge in [0.1, 0.15) is 12.2 Å². The molecule has 0 saturated carbocycles. The van der Waals surface area contributed by atoms with Crippen LogP contribution in [0.1, 0.15) is 54.5 Å². The molecule has 1 aromatic heterocycles. The topological polar surface area (TPSA) is 94.9 Å². The summed E-state index contributed by atoms with van der Waals surface area (Å²) in [6.07, 6.45) is 0.988. The van der Waals surface area contributed by atoms with Crippen LogP contribution in [0.3, 0.4) is 0 Å². The van der Waals surface area contributed by atoms with E-state index in [2.05, 4.69) is 20.9 Å². The van der Waals surface area contributed by atoms with E-state index in [0.717, 1.165) is 28.7 Å². The second-order valence-electron chi connectivity index (χ2n) is 10.1. The van der Waals surface area contributed by atoms with E-state index in [-0.39, 0.29) is 30.3 Å². The molecular formula is C28H32N4O4. The van der Waals surface area contributed by atoms with Crippen LogP contribution in [0.15, 0.2) is 48.5 Å². The number of anilines is 1. The molecule has 0 aliphatic carbocycles. The minimum absolute atomic E-state index is 0.0203. The molecule has 5 rings (SSSR count). The third-order valence-electron chi connectivity index (χ3n) is 7.31. The molecule has 0 fully saturated rings. The Morgan fingerprint density at radius 1 is 1.11 bits per heavy atom. The van der Waals surface area contributed by atoms with Crippen molar-refractivity contribution < 1.29 is 19.5 Å². The summed E-state index contributed by atoms with van der Waals surface area (Å²) in [5.41, 5.74) is 4.84. The predicted molar refractivity (Wildman–Crippen MR) is 138 cm³/mol. The first-order chi connectivity index (χ1) is 17.3. The van der Waals surface area contributed by atoms with Gasteiger partial charge in [-0.2, -0.15) is 0 Å². The molecule has 188 valence electrons. The second kappa shape index (κ2) is 9.33. The summed E-state index contributed by atoms with van der Waals surface area (Å²) in [4.78, 5) is 42.0. The standard InChI is InChI=1S/C28H32N4O4/c1-17(2)16-21(28(35)36)29-24(33)13-15-31-23-11-7-4-8-18(23)19-12-14-32-26(25(19)31)30(3)22-10-6-5-9-20(22)27(32)34/h4-11,17,21,26H,12-16H2,1-3H3,(H,29,33)(H,35,36)/t21-,26+/m0/s1. The van der Waals surface area contributed by atoms with Crippen LogP contribution in [0.25, 0.3) is 10.9 Å². The summed E-state index contributed by atoms with van der Waals surface area (Å²) in [5.74, 6) is -1.13. The highest BCUT2D eigenvalue weighted by molar-refractivity contribution is 6.02. The van der Waals surface area contributed by atoms with Crippen molar-refractivity contribution in [1.29, 1.82) is 0 Å². The predicted octanol–water partition coefficient (Wildman–Crippen LogP) is 3.79. The van der Waals surface area contributed by atoms with Crippen molar-refractivity contribution >= 4 is 34.4 Å². The van der Waals surface area contributed by atoms with Crippen LogP contribution < -0.4 is 10.2 Å². The smallest absolute Gasteiger partial charge is 0.326 e. The number of fused-ring (bicyclic) bond motifs is 6. The Bertz CT molecular complexity index is 1340. The van der Waals surface area contributed by atoms with E-state index in [0.29, 0.717) is 25.1 Å². The van der Waals surface area contributed by atoms with Crippen LogP contribution in [0.5, 0.6) is 0 Å². The summed E-state index contributed by atoms with van der Waals surface area (Å²) in [7, 11) is 2.01. The number of nitrogens with zero attached hydrogens (tertiary/aromatic N) is 3. The average molecular weight is 489 g/mol. The number of aliphatic carboxylic acids is 1. The fourth-order valence-electron chi connectivity index (χ4n) is 5.72. The largest absolute Gasteiger partial charge is 0.480 e. The first kappa shape index (κ1) is 23.9. The first-order valence-electron chi connectivity index (χ1n) is 12.5. The zero-order valence-electron chi connectivity index (χ0n) is 20.9. The summed E-state index contributed by atoms with van der Waals surface area (Å²) in [6.45, 7) is 4.89. The highest BCUT2D eigenvalue weighted by Crippen LogP contribution is 2.44. The van der Waals surface area contributed by atoms with Gasteiger partial charge in [-0.25, -0.2) is 4.79 Å². The van der Waals surface area contributed by atoms with Gasteiger partial charge in [0.25, 0.3) is 5.91 Å². The molecule has 0 saturated heterocycles. The molecule has 8 nitrogen and oxygen atoms in total. The van der Waals surface area contributed by atoms with Gasteiger partial charge in [0, 0.05) is 37.5 Å². The van der Waals surface area contributed by atoms with Gasteiger partial charge in [0.15, 0.2) is 0 Å². The fourth-order valence-corrected chi connectivity index (χ4v) is 5.72. The van der Waals surface area contributed by atoms with Gasteiger partial charge < -0.3 is 24.8 Å². The Kier molecular flexibility index (Phi) is 6.20. The number of aromatic nitrogens is 1. The van der Waals surface area contributed by atoms with Crippen molar-refractivity contribution in [2.24, 2.45) is 5.92 Å². The third kappa shape index (κ3) is 4.00. The molecule has 3 heterocycles. The molecule has 36 heavy (non-hydrogen) atoms. The van der Waals surface area contributed by atoms with Crippen LogP contribution in [0, 0.1) is 5.92 Å². The maximum Gasteiger partial charge on any atom is 0.326 e. The maximum absolute atomic E-state index is 13.4. The number of carbonyl (C=O) groups is 3. The molecule has 2 aliphatic rings. The van der Waals surface area contributed by atoms with Crippen molar-refractivity contribution in [3.63, 3.8) is 0 Å². The number of aryl methyl sites for hydroxylation is 1. The molecule has 2 amide bonds. The van der Waals surface area contributed by atoms with Crippen molar-refractivity contribution in [3.05, 3.63) is 65.4 Å². The molecule has 2 aromatic carbocycles. The summed E-state index contributed by atoms with van der Waals surface area (Å²) >= 11 is 0. The number of hydrogen-bond acceptors (Lipinski definition) is 4. The zero-order chi connectivity index (χ0) is 25.6. The van der Waals surface area contributed by atoms with Gasteiger partial charge in [0.2, 0.25) is 5.91 Å². The van der Waals surface area contributed by atoms with Crippen molar-refractivity contribution in [2.75, 3.05) is 18.5 Å². The lowest BCUT2D eigenvalue weighted by Crippen LogP contribution is -2.51. The fraction of sp³-hybridized carbons (Fsp3) is 0.393. The molecule has 3 aromatic rings. The van der Waals surface area contributed by atoms with Gasteiger partial charge in [-0.05, 0) is 42.5 Å². The molecule has 2 N–H and O–H groups in total. The molecule has 0 unspecified atom stereocenters. The molecule has 0 radical (unpaired) electrons. The van der Waals surface area contributed by atoms with Crippen LogP contribution in [0.4, 0.5) is 5.69 Å². The molecule has 0 spiro atoms. The van der Waals surface area contributed by atoms with Crippen LogP contribution in [-0.2, 0) is 22.6 Å². The number of benzene rings is 2. The molecule has 2 aliphatic heterocycles. The van der Waals surface area contributed by atoms with Gasteiger partial charge in [-0.15, -0.1) is 0 Å². The van der Waals surface area contributed by atoms with Gasteiger partial charge >= 0.3 is 5.97 Å². The van der Waals surface area contributed by atoms with Gasteiger partial charge in [-0.3, -0.25) is 9.59 Å². The average Bonchev–Trinajstić information content (AvgIpc) is 3.18. The van der Waals surface area contributed by atoms with E-state index in [9.17, 15) is 19.5 Å². The lowest BCUT2D eigenvalue weighted by Gasteiger charge is -2.46. The zero-order valence-corrected chi connectivity index (χ0v) is 20.9. The van der Waals surface area contributed by atoms with E-state index in [1.807, 2.05) is 68.3 Å². The van der Waals surface area contributed by atoms with Crippen molar-refractivity contribution in [1.82, 2.24) is 14.8 Å². The van der Waals surface area contributed by atoms with E-state index in [1.54, 1.807) is 0 Å². The highest BCUT2D eigenvalue weighted by Gasteiger charge is 2.42. The van der Waals surface area contributed by atoms with E-state index in [1.165, 1.54) is 5.56 Å². The van der Waals surface area contributed by atoms with Gasteiger partial charge in [-0.1, -0.05) is 44.2 Å². The minimum atomic E-state index is -1.02. The quantitative estimate of drug-likeness (QED) is 0.528. The van der Waals surface area contributed by atoms with Gasteiger partial charge in [0.05, 0.1) is 16.9 Å². The SMILES string of the molecule is CC(C)C[C@H](NC(=O)CCn1c2c(c3ccccc31)CCN1C(=O)c3ccccc3N(C)[C@@H]21)C(=O)O. The number of carboxylic acid groups (broad SMARTS) is 1. The Balaban J connectivity index is 1.50. The number of hydrogen-bond donors (Lipinski definition) is 2. The normalized spacial score (nSPS) is 17.6.